The average Bonchev–Trinajstić information content (AvgIpc) is 3.86. The first kappa shape index (κ1) is 61.5. The van der Waals surface area contributed by atoms with Gasteiger partial charge in [-0.2, -0.15) is 0 Å². The molecule has 5 atom stereocenters. The van der Waals surface area contributed by atoms with E-state index in [1.165, 1.54) is 12.7 Å². The lowest BCUT2D eigenvalue weighted by Gasteiger charge is -2.30. The maximum absolute atomic E-state index is 15.5. The molecular weight excluding hydrogens is 1050 g/mol. The molecule has 0 amide bonds. The van der Waals surface area contributed by atoms with Crippen LogP contribution in [0.15, 0.2) is 139 Å². The number of aromatic amines is 1. The maximum Gasteiger partial charge on any atom is 0.323 e. The first-order valence-electron chi connectivity index (χ1n) is 26.4. The fourth-order valence-electron chi connectivity index (χ4n) is 8.63. The Labute approximate surface area is 460 Å². The molecule has 1 unspecified atom stereocenters. The molecule has 0 saturated carbocycles. The van der Waals surface area contributed by atoms with Crippen molar-refractivity contribution in [3.05, 3.63) is 167 Å². The van der Waals surface area contributed by atoms with E-state index >= 15 is 9.13 Å². The molecule has 0 aliphatic heterocycles. The highest BCUT2D eigenvalue weighted by atomic mass is 31.2. The lowest BCUT2D eigenvalue weighted by atomic mass is 10.1. The number of nitrogens with one attached hydrogen (secondary N) is 5. The number of H-pyrrole nitrogens is 1. The Hall–Kier alpha value is -6.67. The van der Waals surface area contributed by atoms with Crippen molar-refractivity contribution >= 4 is 49.9 Å². The molecular formula is C56H72N8O13P2. The lowest BCUT2D eigenvalue weighted by Crippen LogP contribution is -2.46. The molecule has 0 aliphatic rings. The fraction of sp³-hybridized carbons (Fsp3) is 0.411. The summed E-state index contributed by atoms with van der Waals surface area (Å²) in [5, 5.41) is 12.2. The van der Waals surface area contributed by atoms with Crippen LogP contribution in [0.1, 0.15) is 49.9 Å². The monoisotopic (exact) mass is 1130 g/mol. The topological polar surface area (TPSA) is 269 Å². The minimum atomic E-state index is -4.16. The van der Waals surface area contributed by atoms with E-state index in [1.807, 2.05) is 121 Å². The Morgan fingerprint density at radius 3 is 1.28 bits per heavy atom. The van der Waals surface area contributed by atoms with Crippen molar-refractivity contribution < 1.29 is 56.7 Å². The molecule has 2 aromatic heterocycles. The van der Waals surface area contributed by atoms with Crippen LogP contribution in [0.25, 0.3) is 11.2 Å². The van der Waals surface area contributed by atoms with Gasteiger partial charge in [0.15, 0.2) is 11.2 Å². The van der Waals surface area contributed by atoms with Gasteiger partial charge in [-0.3, -0.25) is 33.1 Å². The first-order chi connectivity index (χ1) is 38.2. The van der Waals surface area contributed by atoms with Gasteiger partial charge in [0.1, 0.15) is 30.5 Å². The zero-order valence-corrected chi connectivity index (χ0v) is 46.8. The second-order valence-electron chi connectivity index (χ2n) is 18.4. The molecule has 21 nitrogen and oxygen atoms in total. The summed E-state index contributed by atoms with van der Waals surface area (Å²) in [5.74, 6) is -3.27. The minimum Gasteiger partial charge on any atom is -0.465 e. The predicted molar refractivity (Wildman–Crippen MR) is 298 cm³/mol. The van der Waals surface area contributed by atoms with E-state index < -0.39 is 80.8 Å². The van der Waals surface area contributed by atoms with Crippen molar-refractivity contribution in [1.29, 1.82) is 0 Å². The van der Waals surface area contributed by atoms with Gasteiger partial charge in [-0.15, -0.1) is 0 Å². The Kier molecular flexibility index (Phi) is 24.8. The number of imidazole rings is 1. The number of carbonyl (C=O) groups is 4. The van der Waals surface area contributed by atoms with Gasteiger partial charge < -0.3 is 38.0 Å². The van der Waals surface area contributed by atoms with Gasteiger partial charge in [0.05, 0.1) is 65.1 Å². The maximum atomic E-state index is 15.5. The second-order valence-corrected chi connectivity index (χ2v) is 23.1. The number of esters is 4. The zero-order chi connectivity index (χ0) is 56.5. The number of ether oxygens (including phenoxy) is 6. The molecule has 6 rings (SSSR count). The van der Waals surface area contributed by atoms with Gasteiger partial charge in [-0.25, -0.2) is 30.3 Å². The molecule has 0 aliphatic carbocycles. The first-order valence-corrected chi connectivity index (χ1v) is 30.2. The number of benzene rings is 4. The van der Waals surface area contributed by atoms with Crippen LogP contribution < -0.4 is 25.9 Å². The number of hydrogen-bond acceptors (Lipinski definition) is 15. The number of hydrogen-bond donors (Lipinski definition) is 5. The van der Waals surface area contributed by atoms with Crippen molar-refractivity contribution in [2.75, 3.05) is 58.8 Å². The van der Waals surface area contributed by atoms with Crippen molar-refractivity contribution in [3.63, 3.8) is 0 Å². The highest BCUT2D eigenvalue weighted by Gasteiger charge is 2.38. The molecule has 6 aromatic rings. The Morgan fingerprint density at radius 1 is 0.532 bits per heavy atom. The molecule has 0 bridgehead atoms. The smallest absolute Gasteiger partial charge is 0.323 e. The van der Waals surface area contributed by atoms with Crippen LogP contribution in [-0.2, 0) is 89.0 Å². The quantitative estimate of drug-likeness (QED) is 0.0129. The van der Waals surface area contributed by atoms with E-state index in [4.69, 9.17) is 28.4 Å². The largest absolute Gasteiger partial charge is 0.465 e. The number of carbonyl (C=O) groups excluding carboxylic acids is 4. The van der Waals surface area contributed by atoms with Crippen LogP contribution >= 0.6 is 14.9 Å². The van der Waals surface area contributed by atoms with Crippen molar-refractivity contribution in [3.8, 4) is 0 Å². The van der Waals surface area contributed by atoms with Gasteiger partial charge in [-0.05, 0) is 75.6 Å². The Balaban J connectivity index is 1.29. The summed E-state index contributed by atoms with van der Waals surface area (Å²) in [6, 6.07) is 32.0. The number of fused-ring (bicyclic) bond motifs is 1. The third-order valence-electron chi connectivity index (χ3n) is 12.3. The van der Waals surface area contributed by atoms with Gasteiger partial charge in [-0.1, -0.05) is 121 Å². The summed E-state index contributed by atoms with van der Waals surface area (Å²) in [6.45, 7) is 6.53. The Bertz CT molecular complexity index is 2850. The van der Waals surface area contributed by atoms with E-state index in [-0.39, 0.29) is 95.8 Å². The molecule has 4 aromatic carbocycles. The number of rotatable bonds is 35. The van der Waals surface area contributed by atoms with E-state index in [9.17, 15) is 24.0 Å². The molecule has 5 N–H and O–H groups in total. The fourth-order valence-corrected chi connectivity index (χ4v) is 12.7. The van der Waals surface area contributed by atoms with Crippen molar-refractivity contribution in [1.82, 2.24) is 39.9 Å². The third kappa shape index (κ3) is 19.9. The van der Waals surface area contributed by atoms with E-state index in [2.05, 4.69) is 35.3 Å². The highest BCUT2D eigenvalue weighted by Crippen LogP contribution is 2.40. The summed E-state index contributed by atoms with van der Waals surface area (Å²) in [5.41, 5.74) is 2.93. The predicted octanol–water partition coefficient (Wildman–Crippen LogP) is 6.17. The number of nitrogens with zero attached hydrogens (tertiary/aromatic N) is 3. The zero-order valence-electron chi connectivity index (χ0n) is 45.0. The molecule has 0 fully saturated rings. The number of aromatic nitrogens is 4. The average molecular weight is 1130 g/mol. The third-order valence-corrected chi connectivity index (χ3v) is 16.5. The molecule has 0 radical (unpaired) electrons. The normalized spacial score (nSPS) is 13.7. The summed E-state index contributed by atoms with van der Waals surface area (Å²) in [4.78, 5) is 78.5. The lowest BCUT2D eigenvalue weighted by molar-refractivity contribution is -0.146. The highest BCUT2D eigenvalue weighted by molar-refractivity contribution is 7.60. The van der Waals surface area contributed by atoms with Crippen LogP contribution in [0.5, 0.6) is 0 Å². The van der Waals surface area contributed by atoms with Crippen LogP contribution in [0, 0.1) is 5.92 Å². The van der Waals surface area contributed by atoms with Gasteiger partial charge in [0.2, 0.25) is 14.9 Å². The Morgan fingerprint density at radius 2 is 0.899 bits per heavy atom. The second kappa shape index (κ2) is 31.8. The van der Waals surface area contributed by atoms with E-state index in [0.29, 0.717) is 0 Å². The van der Waals surface area contributed by atoms with Crippen molar-refractivity contribution in [2.24, 2.45) is 5.92 Å². The van der Waals surface area contributed by atoms with Gasteiger partial charge in [0.25, 0.3) is 5.56 Å². The van der Waals surface area contributed by atoms with Crippen LogP contribution in [0.4, 0.5) is 0 Å². The van der Waals surface area contributed by atoms with Gasteiger partial charge in [0, 0.05) is 12.5 Å². The molecule has 424 valence electrons. The summed E-state index contributed by atoms with van der Waals surface area (Å²) < 4.78 is 67.2. The van der Waals surface area contributed by atoms with E-state index in [1.54, 1.807) is 32.3 Å². The van der Waals surface area contributed by atoms with E-state index in [0.717, 1.165) is 22.3 Å². The van der Waals surface area contributed by atoms with Gasteiger partial charge >= 0.3 is 23.9 Å². The van der Waals surface area contributed by atoms with Crippen LogP contribution in [0.3, 0.4) is 0 Å². The summed E-state index contributed by atoms with van der Waals surface area (Å²) in [6.07, 6.45) is 2.28. The van der Waals surface area contributed by atoms with Crippen molar-refractivity contribution in [2.45, 2.75) is 84.1 Å². The summed E-state index contributed by atoms with van der Waals surface area (Å²) >= 11 is 0. The SMILES string of the molecule is CCOC(=O)[C@H](Cc1ccccc1)NP(=O)(CCOCC(COCP(=O)(N[C@@H](Cc1ccccc1)C(=O)OCC)N[C@@H](Cc1ccccc1)C(=O)OCC)Cn1cnc2c(=O)[nH]cnc21)N[C@@H](Cc1ccccc1)C(=O)OCC. The minimum absolute atomic E-state index is 0.0474. The molecule has 79 heavy (non-hydrogen) atoms. The molecule has 2 heterocycles. The molecule has 0 spiro atoms. The molecule has 23 heteroatoms. The van der Waals surface area contributed by atoms with Crippen LogP contribution in [0.2, 0.25) is 0 Å². The van der Waals surface area contributed by atoms with Crippen LogP contribution in [-0.4, -0.2) is 126 Å². The summed E-state index contributed by atoms with van der Waals surface area (Å²) in [7, 11) is -8.18. The standard InChI is InChI=1S/C56H72N8O13P2/c1-5-74-53(66)46(31-41-21-13-9-14-22-41)60-78(70,61-47(54(67)75-6-2)32-42-23-15-10-16-24-42)30-29-72-36-45(35-64-39-59-50-51(64)57-38-58-52(50)65)37-73-40-79(71,62-48(55(68)76-7-3)33-43-25-17-11-18-26-43)63-49(56(69)77-8-4)34-44-27-19-12-20-28-44/h9-28,38-39,45-49H,5-8,29-37,40H2,1-4H3,(H,57,58,65)(H2,60,61,70)(H2,62,63,71)/t45?,46-,47-,48-,49-/m0/s1. The molecule has 0 saturated heterocycles.